The van der Waals surface area contributed by atoms with Crippen LogP contribution in [0.5, 0.6) is 0 Å². The summed E-state index contributed by atoms with van der Waals surface area (Å²) in [5.74, 6) is -1.12. The maximum Gasteiger partial charge on any atom is 0.254 e. The number of nitrogens with zero attached hydrogens (tertiary/aromatic N) is 2. The lowest BCUT2D eigenvalue weighted by Crippen LogP contribution is -2.43. The number of carbonyl (C=O) groups is 1. The topological polar surface area (TPSA) is 84.4 Å². The summed E-state index contributed by atoms with van der Waals surface area (Å²) < 4.78 is 30.5. The molecule has 0 aromatic carbocycles. The number of rotatable bonds is 3. The van der Waals surface area contributed by atoms with Gasteiger partial charge in [-0.1, -0.05) is 12.8 Å². The number of nitrogens with one attached hydrogen (secondary N) is 2. The van der Waals surface area contributed by atoms with E-state index in [1.807, 2.05) is 0 Å². The van der Waals surface area contributed by atoms with Gasteiger partial charge in [0.25, 0.3) is 5.91 Å². The second kappa shape index (κ2) is 6.81. The third-order valence-corrected chi connectivity index (χ3v) is 5.86. The molecule has 4 heterocycles. The molecule has 0 spiro atoms. The molecule has 1 fully saturated rings. The van der Waals surface area contributed by atoms with Crippen LogP contribution < -0.4 is 16.4 Å². The minimum Gasteiger partial charge on any atom is -0.363 e. The lowest BCUT2D eigenvalue weighted by atomic mass is 9.91. The lowest BCUT2D eigenvalue weighted by molar-refractivity contribution is 0.0966. The summed E-state index contributed by atoms with van der Waals surface area (Å²) in [7, 11) is 0. The van der Waals surface area contributed by atoms with Crippen LogP contribution >= 0.6 is 0 Å². The van der Waals surface area contributed by atoms with Crippen molar-refractivity contribution in [3.63, 3.8) is 0 Å². The zero-order chi connectivity index (χ0) is 20.1. The molecular weight excluding hydrogens is 376 g/mol. The third kappa shape index (κ3) is 3.04. The quantitative estimate of drug-likeness (QED) is 0.634. The van der Waals surface area contributed by atoms with Crippen molar-refractivity contribution in [2.24, 2.45) is 5.73 Å². The van der Waals surface area contributed by atoms with Gasteiger partial charge in [-0.05, 0) is 31.0 Å². The van der Waals surface area contributed by atoms with Crippen molar-refractivity contribution < 1.29 is 13.6 Å². The van der Waals surface area contributed by atoms with Gasteiger partial charge < -0.3 is 20.8 Å². The number of nitrogens with two attached hydrogens (primary N) is 1. The predicted octanol–water partition coefficient (Wildman–Crippen LogP) is 3.20. The van der Waals surface area contributed by atoms with Gasteiger partial charge in [-0.2, -0.15) is 0 Å². The number of pyridine rings is 2. The van der Waals surface area contributed by atoms with E-state index in [1.165, 1.54) is 12.1 Å². The molecule has 5 rings (SSSR count). The lowest BCUT2D eigenvalue weighted by Gasteiger charge is -2.30. The average Bonchev–Trinajstić information content (AvgIpc) is 3.29. The SMILES string of the molecule is N[C@H]1CCCC[C@H]1Nc1nc(-c2cc3cc(F)ccn3c2)c2c(c1F)CNC2=O. The predicted molar refractivity (Wildman–Crippen MR) is 106 cm³/mol. The molecule has 3 aromatic rings. The number of hydrogen-bond acceptors (Lipinski definition) is 4. The Morgan fingerprint density at radius 1 is 1.24 bits per heavy atom. The fourth-order valence-electron chi connectivity index (χ4n) is 4.31. The Labute approximate surface area is 166 Å². The third-order valence-electron chi connectivity index (χ3n) is 5.86. The average molecular weight is 397 g/mol. The Morgan fingerprint density at radius 2 is 2.07 bits per heavy atom. The Balaban J connectivity index is 1.63. The van der Waals surface area contributed by atoms with Crippen LogP contribution in [0.3, 0.4) is 0 Å². The number of hydrogen-bond donors (Lipinski definition) is 3. The van der Waals surface area contributed by atoms with Crippen molar-refractivity contribution in [2.75, 3.05) is 5.32 Å². The van der Waals surface area contributed by atoms with Gasteiger partial charge in [0.1, 0.15) is 5.82 Å². The summed E-state index contributed by atoms with van der Waals surface area (Å²) in [6.07, 6.45) is 7.18. The van der Waals surface area contributed by atoms with E-state index in [0.29, 0.717) is 22.3 Å². The van der Waals surface area contributed by atoms with Gasteiger partial charge in [-0.15, -0.1) is 0 Å². The number of fused-ring (bicyclic) bond motifs is 2. The van der Waals surface area contributed by atoms with Gasteiger partial charge in [-0.3, -0.25) is 4.79 Å². The summed E-state index contributed by atoms with van der Waals surface area (Å²) >= 11 is 0. The number of aromatic nitrogens is 2. The second-order valence-electron chi connectivity index (χ2n) is 7.76. The number of anilines is 1. The Kier molecular flexibility index (Phi) is 4.24. The summed E-state index contributed by atoms with van der Waals surface area (Å²) in [6, 6.07) is 4.35. The maximum absolute atomic E-state index is 15.2. The summed E-state index contributed by atoms with van der Waals surface area (Å²) in [5, 5.41) is 5.86. The minimum absolute atomic E-state index is 0.0658. The normalized spacial score (nSPS) is 21.3. The summed E-state index contributed by atoms with van der Waals surface area (Å²) in [4.78, 5) is 16.9. The number of halogens is 2. The molecule has 1 saturated carbocycles. The number of carbonyl (C=O) groups excluding carboxylic acids is 1. The Hall–Kier alpha value is -3.00. The molecule has 1 amide bonds. The summed E-state index contributed by atoms with van der Waals surface area (Å²) in [6.45, 7) is 0.114. The molecule has 0 bridgehead atoms. The van der Waals surface area contributed by atoms with Crippen LogP contribution in [0.25, 0.3) is 16.8 Å². The molecule has 0 saturated heterocycles. The van der Waals surface area contributed by atoms with Crippen LogP contribution in [0.4, 0.5) is 14.6 Å². The van der Waals surface area contributed by atoms with Crippen LogP contribution in [0, 0.1) is 11.6 Å². The largest absolute Gasteiger partial charge is 0.363 e. The highest BCUT2D eigenvalue weighted by atomic mass is 19.1. The molecule has 8 heteroatoms. The van der Waals surface area contributed by atoms with E-state index in [1.54, 1.807) is 22.9 Å². The van der Waals surface area contributed by atoms with Crippen LogP contribution in [0.15, 0.2) is 30.6 Å². The Morgan fingerprint density at radius 3 is 2.90 bits per heavy atom. The molecule has 2 atom stereocenters. The highest BCUT2D eigenvalue weighted by Crippen LogP contribution is 2.34. The zero-order valence-corrected chi connectivity index (χ0v) is 15.7. The van der Waals surface area contributed by atoms with Crippen molar-refractivity contribution >= 4 is 17.2 Å². The molecular formula is C21H21F2N5O. The number of amides is 1. The molecule has 0 radical (unpaired) electrons. The van der Waals surface area contributed by atoms with E-state index < -0.39 is 5.82 Å². The molecule has 1 aliphatic carbocycles. The first-order valence-corrected chi connectivity index (χ1v) is 9.81. The van der Waals surface area contributed by atoms with E-state index in [0.717, 1.165) is 25.7 Å². The van der Waals surface area contributed by atoms with Crippen molar-refractivity contribution in [2.45, 2.75) is 44.3 Å². The molecule has 2 aliphatic rings. The standard InChI is InChI=1S/C21H21F2N5O/c22-12-5-6-28-10-11(7-13(28)8-12)19-17-14(9-25-21(17)29)18(23)20(27-19)26-16-4-2-1-3-15(16)24/h5-8,10,15-16H,1-4,9,24H2,(H,25,29)(H,26,27)/t15-,16+/m0/s1. The van der Waals surface area contributed by atoms with Crippen LogP contribution in [-0.2, 0) is 6.54 Å². The van der Waals surface area contributed by atoms with E-state index in [-0.39, 0.29) is 41.7 Å². The van der Waals surface area contributed by atoms with Crippen LogP contribution in [0.2, 0.25) is 0 Å². The van der Waals surface area contributed by atoms with Gasteiger partial charge >= 0.3 is 0 Å². The van der Waals surface area contributed by atoms with Crippen molar-refractivity contribution in [1.29, 1.82) is 0 Å². The van der Waals surface area contributed by atoms with E-state index in [9.17, 15) is 9.18 Å². The van der Waals surface area contributed by atoms with Crippen LogP contribution in [0.1, 0.15) is 41.6 Å². The second-order valence-corrected chi connectivity index (χ2v) is 7.76. The highest BCUT2D eigenvalue weighted by molar-refractivity contribution is 6.04. The molecule has 0 unspecified atom stereocenters. The van der Waals surface area contributed by atoms with E-state index in [4.69, 9.17) is 5.73 Å². The highest BCUT2D eigenvalue weighted by Gasteiger charge is 2.32. The maximum atomic E-state index is 15.2. The van der Waals surface area contributed by atoms with Gasteiger partial charge in [0.05, 0.1) is 11.3 Å². The molecule has 4 N–H and O–H groups in total. The first kappa shape index (κ1) is 18.1. The van der Waals surface area contributed by atoms with Crippen molar-refractivity contribution in [1.82, 2.24) is 14.7 Å². The summed E-state index contributed by atoms with van der Waals surface area (Å²) in [5.41, 5.74) is 8.37. The fourth-order valence-corrected chi connectivity index (χ4v) is 4.31. The van der Waals surface area contributed by atoms with E-state index >= 15 is 4.39 Å². The molecule has 150 valence electrons. The van der Waals surface area contributed by atoms with Gasteiger partial charge in [0, 0.05) is 47.7 Å². The minimum atomic E-state index is -0.519. The molecule has 29 heavy (non-hydrogen) atoms. The molecule has 3 aromatic heterocycles. The van der Waals surface area contributed by atoms with E-state index in [2.05, 4.69) is 15.6 Å². The smallest absolute Gasteiger partial charge is 0.254 e. The molecule has 6 nitrogen and oxygen atoms in total. The first-order valence-electron chi connectivity index (χ1n) is 9.81. The van der Waals surface area contributed by atoms with Crippen molar-refractivity contribution in [3.05, 3.63) is 53.4 Å². The van der Waals surface area contributed by atoms with Gasteiger partial charge in [0.15, 0.2) is 11.6 Å². The monoisotopic (exact) mass is 397 g/mol. The Bertz CT molecular complexity index is 1130. The fraction of sp³-hybridized carbons (Fsp3) is 0.333. The van der Waals surface area contributed by atoms with Gasteiger partial charge in [-0.25, -0.2) is 13.8 Å². The van der Waals surface area contributed by atoms with Crippen molar-refractivity contribution in [3.8, 4) is 11.3 Å². The van der Waals surface area contributed by atoms with Gasteiger partial charge in [0.2, 0.25) is 0 Å². The zero-order valence-electron chi connectivity index (χ0n) is 15.7. The molecule has 1 aliphatic heterocycles. The van der Waals surface area contributed by atoms with Crippen LogP contribution in [-0.4, -0.2) is 27.4 Å². The first-order chi connectivity index (χ1) is 14.0.